The average Bonchev–Trinajstić information content (AvgIpc) is 3.18. The summed E-state index contributed by atoms with van der Waals surface area (Å²) in [4.78, 5) is 25.8. The van der Waals surface area contributed by atoms with E-state index in [2.05, 4.69) is 31.2 Å². The largest absolute Gasteiger partial charge is 0.487 e. The van der Waals surface area contributed by atoms with Gasteiger partial charge in [-0.05, 0) is 65.9 Å². The van der Waals surface area contributed by atoms with Crippen molar-refractivity contribution in [1.82, 2.24) is 4.90 Å². The molecule has 3 aromatic carbocycles. The van der Waals surface area contributed by atoms with Gasteiger partial charge in [0, 0.05) is 24.9 Å². The third-order valence-corrected chi connectivity index (χ3v) is 6.48. The van der Waals surface area contributed by atoms with E-state index in [1.165, 1.54) is 17.7 Å². The number of fused-ring (bicyclic) bond motifs is 1. The highest BCUT2D eigenvalue weighted by Gasteiger charge is 2.36. The minimum atomic E-state index is -4.54. The molecule has 1 amide bonds. The van der Waals surface area contributed by atoms with Crippen molar-refractivity contribution in [3.63, 3.8) is 0 Å². The number of benzene rings is 3. The molecule has 194 valence electrons. The lowest BCUT2D eigenvalue weighted by molar-refractivity contribution is -0.139. The number of hydrogen-bond acceptors (Lipinski definition) is 3. The van der Waals surface area contributed by atoms with Crippen LogP contribution in [-0.2, 0) is 36.8 Å². The number of nitrogens with zero attached hydrogens (tertiary/aromatic N) is 1. The quantitative estimate of drug-likeness (QED) is 0.407. The summed E-state index contributed by atoms with van der Waals surface area (Å²) in [7, 11) is 0. The fourth-order valence-corrected chi connectivity index (χ4v) is 4.69. The summed E-state index contributed by atoms with van der Waals surface area (Å²) < 4.78 is 45.6. The zero-order chi connectivity index (χ0) is 26.8. The summed E-state index contributed by atoms with van der Waals surface area (Å²) in [5.41, 5.74) is 2.30. The first-order valence-corrected chi connectivity index (χ1v) is 12.0. The van der Waals surface area contributed by atoms with Crippen LogP contribution in [-0.4, -0.2) is 34.0 Å². The number of rotatable bonds is 8. The van der Waals surface area contributed by atoms with Crippen molar-refractivity contribution in [1.29, 1.82) is 0 Å². The Bertz CT molecular complexity index is 1300. The van der Waals surface area contributed by atoms with Gasteiger partial charge in [0.05, 0.1) is 5.56 Å². The molecular formula is C29H28F3NO4. The Balaban J connectivity index is 1.52. The number of carbonyl (C=O) groups excluding carboxylic acids is 1. The van der Waals surface area contributed by atoms with Gasteiger partial charge in [0.25, 0.3) is 5.91 Å². The second-order valence-electron chi connectivity index (χ2n) is 9.65. The third kappa shape index (κ3) is 6.31. The van der Waals surface area contributed by atoms with Crippen molar-refractivity contribution in [3.8, 4) is 5.75 Å². The van der Waals surface area contributed by atoms with E-state index in [0.29, 0.717) is 18.6 Å². The summed E-state index contributed by atoms with van der Waals surface area (Å²) >= 11 is 0. The van der Waals surface area contributed by atoms with Crippen LogP contribution in [0.5, 0.6) is 5.75 Å². The summed E-state index contributed by atoms with van der Waals surface area (Å²) in [6.45, 7) is 3.19. The van der Waals surface area contributed by atoms with E-state index in [4.69, 9.17) is 4.74 Å². The van der Waals surface area contributed by atoms with Crippen LogP contribution < -0.4 is 4.74 Å². The molecule has 0 spiro atoms. The summed E-state index contributed by atoms with van der Waals surface area (Å²) in [5, 5.41) is 9.34. The number of ether oxygens (including phenoxy) is 1. The first-order valence-electron chi connectivity index (χ1n) is 12.0. The second-order valence-corrected chi connectivity index (χ2v) is 9.65. The van der Waals surface area contributed by atoms with E-state index >= 15 is 0 Å². The normalized spacial score (nSPS) is 16.7. The number of aryl methyl sites for hydroxylation is 1. The summed E-state index contributed by atoms with van der Waals surface area (Å²) in [6.07, 6.45) is -2.34. The molecule has 0 unspecified atom stereocenters. The number of alkyl halides is 3. The van der Waals surface area contributed by atoms with Crippen LogP contribution in [0, 0.1) is 0 Å². The predicted molar refractivity (Wildman–Crippen MR) is 133 cm³/mol. The SMILES string of the molecule is CCc1ccc(C[C@]2(C)Cc3cc(C(=O)N(CC(=O)O)Cc4cccc(C(F)(F)F)c4)ccc3O2)cc1. The first kappa shape index (κ1) is 26.3. The van der Waals surface area contributed by atoms with E-state index in [1.54, 1.807) is 18.2 Å². The zero-order valence-electron chi connectivity index (χ0n) is 20.6. The highest BCUT2D eigenvalue weighted by atomic mass is 19.4. The van der Waals surface area contributed by atoms with Gasteiger partial charge >= 0.3 is 12.1 Å². The fourth-order valence-electron chi connectivity index (χ4n) is 4.69. The Kier molecular flexibility index (Phi) is 7.30. The second kappa shape index (κ2) is 10.3. The number of carboxylic acids is 1. The first-order chi connectivity index (χ1) is 17.5. The maximum Gasteiger partial charge on any atom is 0.416 e. The summed E-state index contributed by atoms with van der Waals surface area (Å²) in [5.74, 6) is -1.18. The van der Waals surface area contributed by atoms with Crippen molar-refractivity contribution in [2.45, 2.75) is 51.4 Å². The topological polar surface area (TPSA) is 66.8 Å². The zero-order valence-corrected chi connectivity index (χ0v) is 20.6. The molecule has 1 aliphatic rings. The molecule has 0 saturated carbocycles. The Labute approximate surface area is 213 Å². The Morgan fingerprint density at radius 2 is 1.70 bits per heavy atom. The van der Waals surface area contributed by atoms with Gasteiger partial charge in [0.1, 0.15) is 17.9 Å². The molecule has 3 aromatic rings. The Hall–Kier alpha value is -3.81. The van der Waals surface area contributed by atoms with Gasteiger partial charge in [-0.25, -0.2) is 0 Å². The van der Waals surface area contributed by atoms with E-state index in [9.17, 15) is 27.9 Å². The monoisotopic (exact) mass is 511 g/mol. The van der Waals surface area contributed by atoms with Crippen LogP contribution in [0.15, 0.2) is 66.7 Å². The van der Waals surface area contributed by atoms with Gasteiger partial charge in [0.2, 0.25) is 0 Å². The third-order valence-electron chi connectivity index (χ3n) is 6.48. The lowest BCUT2D eigenvalue weighted by Gasteiger charge is -2.24. The van der Waals surface area contributed by atoms with Crippen LogP contribution >= 0.6 is 0 Å². The van der Waals surface area contributed by atoms with E-state index in [1.807, 2.05) is 6.92 Å². The standard InChI is InChI=1S/C29H28F3NO4/c1-3-19-7-9-20(10-8-19)15-28(2)16-23-14-22(11-12-25(23)37-28)27(36)33(18-26(34)35)17-21-5-4-6-24(13-21)29(30,31)32/h4-14H,3,15-18H2,1-2H3,(H,34,35)/t28-/m1/s1. The minimum absolute atomic E-state index is 0.190. The molecule has 0 radical (unpaired) electrons. The van der Waals surface area contributed by atoms with E-state index in [-0.39, 0.29) is 17.7 Å². The summed E-state index contributed by atoms with van der Waals surface area (Å²) in [6, 6.07) is 17.8. The molecule has 1 N–H and O–H groups in total. The molecule has 5 nitrogen and oxygen atoms in total. The molecule has 1 heterocycles. The average molecular weight is 512 g/mol. The van der Waals surface area contributed by atoms with Crippen molar-refractivity contribution in [2.75, 3.05) is 6.54 Å². The maximum absolute atomic E-state index is 13.3. The predicted octanol–water partition coefficient (Wildman–Crippen LogP) is 5.93. The molecule has 1 atom stereocenters. The highest BCUT2D eigenvalue weighted by Crippen LogP contribution is 2.38. The molecule has 0 aliphatic carbocycles. The van der Waals surface area contributed by atoms with Crippen LogP contribution in [0.1, 0.15) is 52.0 Å². The van der Waals surface area contributed by atoms with Crippen molar-refractivity contribution < 1.29 is 32.6 Å². The van der Waals surface area contributed by atoms with Gasteiger partial charge in [-0.1, -0.05) is 43.3 Å². The number of halogens is 3. The number of hydrogen-bond donors (Lipinski definition) is 1. The molecule has 0 bridgehead atoms. The maximum atomic E-state index is 13.3. The van der Waals surface area contributed by atoms with Gasteiger partial charge in [-0.2, -0.15) is 13.2 Å². The molecular weight excluding hydrogens is 483 g/mol. The molecule has 1 aliphatic heterocycles. The van der Waals surface area contributed by atoms with Gasteiger partial charge in [0.15, 0.2) is 0 Å². The lowest BCUT2D eigenvalue weighted by Crippen LogP contribution is -2.35. The molecule has 0 aromatic heterocycles. The number of amides is 1. The minimum Gasteiger partial charge on any atom is -0.487 e. The Morgan fingerprint density at radius 1 is 1.00 bits per heavy atom. The van der Waals surface area contributed by atoms with E-state index in [0.717, 1.165) is 34.6 Å². The van der Waals surface area contributed by atoms with Gasteiger partial charge in [-0.15, -0.1) is 0 Å². The van der Waals surface area contributed by atoms with Crippen molar-refractivity contribution in [3.05, 3.63) is 100 Å². The van der Waals surface area contributed by atoms with Crippen LogP contribution in [0.2, 0.25) is 0 Å². The fraction of sp³-hybridized carbons (Fsp3) is 0.310. The van der Waals surface area contributed by atoms with Crippen LogP contribution in [0.4, 0.5) is 13.2 Å². The number of aliphatic carboxylic acids is 1. The van der Waals surface area contributed by atoms with Gasteiger partial charge < -0.3 is 14.7 Å². The molecule has 8 heteroatoms. The lowest BCUT2D eigenvalue weighted by atomic mass is 9.91. The smallest absolute Gasteiger partial charge is 0.416 e. The molecule has 0 fully saturated rings. The number of carboxylic acid groups (broad SMARTS) is 1. The van der Waals surface area contributed by atoms with Crippen molar-refractivity contribution in [2.24, 2.45) is 0 Å². The van der Waals surface area contributed by atoms with Crippen LogP contribution in [0.25, 0.3) is 0 Å². The molecule has 4 rings (SSSR count). The van der Waals surface area contributed by atoms with Gasteiger partial charge in [-0.3, -0.25) is 9.59 Å². The van der Waals surface area contributed by atoms with Crippen molar-refractivity contribution >= 4 is 11.9 Å². The van der Waals surface area contributed by atoms with E-state index < -0.39 is 35.8 Å². The number of carbonyl (C=O) groups is 2. The Morgan fingerprint density at radius 3 is 2.35 bits per heavy atom. The molecule has 37 heavy (non-hydrogen) atoms. The highest BCUT2D eigenvalue weighted by molar-refractivity contribution is 5.96. The molecule has 0 saturated heterocycles. The van der Waals surface area contributed by atoms with Crippen LogP contribution in [0.3, 0.4) is 0 Å².